The van der Waals surface area contributed by atoms with Gasteiger partial charge < -0.3 is 29.6 Å². The molecule has 164 valence electrons. The molecule has 0 radical (unpaired) electrons. The molecule has 0 fully saturated rings. The molecule has 0 unspecified atom stereocenters. The van der Waals surface area contributed by atoms with Gasteiger partial charge in [0.15, 0.2) is 16.6 Å². The number of hydrogen-bond acceptors (Lipinski definition) is 6. The van der Waals surface area contributed by atoms with Crippen LogP contribution in [0.3, 0.4) is 0 Å². The highest BCUT2D eigenvalue weighted by atomic mass is 32.1. The van der Waals surface area contributed by atoms with E-state index in [0.717, 1.165) is 11.1 Å². The highest BCUT2D eigenvalue weighted by Gasteiger charge is 2.31. The molecule has 0 amide bonds. The summed E-state index contributed by atoms with van der Waals surface area (Å²) >= 11 is 5.32. The fraction of sp³-hybridized carbons (Fsp3) is 0.304. The van der Waals surface area contributed by atoms with Crippen LogP contribution in [0.4, 0.5) is 0 Å². The summed E-state index contributed by atoms with van der Waals surface area (Å²) in [7, 11) is 3.14. The molecular weight excluding hydrogens is 416 g/mol. The molecule has 0 aliphatic carbocycles. The summed E-state index contributed by atoms with van der Waals surface area (Å²) in [5.41, 5.74) is 2.92. The molecule has 31 heavy (non-hydrogen) atoms. The third kappa shape index (κ3) is 5.74. The number of esters is 1. The SMILES string of the molecule is COCCOC(=O)C1=C(C)NC(=S)N[C@@H]1c1ccc(OC)c(OCc2ccccc2)c1. The van der Waals surface area contributed by atoms with Crippen molar-refractivity contribution in [3.05, 3.63) is 70.9 Å². The first-order chi connectivity index (χ1) is 15.0. The zero-order valence-electron chi connectivity index (χ0n) is 17.8. The van der Waals surface area contributed by atoms with Gasteiger partial charge in [-0.2, -0.15) is 0 Å². The average molecular weight is 443 g/mol. The zero-order valence-corrected chi connectivity index (χ0v) is 18.6. The third-order valence-corrected chi connectivity index (χ3v) is 4.99. The number of hydrogen-bond donors (Lipinski definition) is 2. The second kappa shape index (κ2) is 10.8. The summed E-state index contributed by atoms with van der Waals surface area (Å²) in [5.74, 6) is 0.727. The van der Waals surface area contributed by atoms with Gasteiger partial charge in [-0.3, -0.25) is 0 Å². The average Bonchev–Trinajstić information content (AvgIpc) is 2.77. The summed E-state index contributed by atoms with van der Waals surface area (Å²) in [6.07, 6.45) is 0. The van der Waals surface area contributed by atoms with Gasteiger partial charge in [0.05, 0.1) is 25.3 Å². The van der Waals surface area contributed by atoms with Crippen molar-refractivity contribution in [3.8, 4) is 11.5 Å². The number of methoxy groups -OCH3 is 2. The van der Waals surface area contributed by atoms with Gasteiger partial charge in [-0.05, 0) is 42.4 Å². The molecule has 1 aliphatic heterocycles. The lowest BCUT2D eigenvalue weighted by atomic mass is 9.95. The predicted octanol–water partition coefficient (Wildman–Crippen LogP) is 3.26. The molecule has 0 aromatic heterocycles. The number of benzene rings is 2. The summed E-state index contributed by atoms with van der Waals surface area (Å²) in [5, 5.41) is 6.58. The van der Waals surface area contributed by atoms with Crippen molar-refractivity contribution in [3.63, 3.8) is 0 Å². The molecule has 1 atom stereocenters. The Morgan fingerprint density at radius 1 is 1.06 bits per heavy atom. The Labute approximate surface area is 187 Å². The minimum absolute atomic E-state index is 0.164. The monoisotopic (exact) mass is 442 g/mol. The lowest BCUT2D eigenvalue weighted by molar-refractivity contribution is -0.140. The molecule has 0 saturated carbocycles. The van der Waals surface area contributed by atoms with Crippen molar-refractivity contribution in [2.24, 2.45) is 0 Å². The molecule has 2 N–H and O–H groups in total. The molecule has 0 spiro atoms. The molecule has 2 aromatic rings. The Balaban J connectivity index is 1.88. The Bertz CT molecular complexity index is 962. The maximum absolute atomic E-state index is 12.8. The minimum atomic E-state index is -0.492. The largest absolute Gasteiger partial charge is 0.493 e. The Hall–Kier alpha value is -3.10. The van der Waals surface area contributed by atoms with Crippen molar-refractivity contribution >= 4 is 23.3 Å². The minimum Gasteiger partial charge on any atom is -0.493 e. The fourth-order valence-corrected chi connectivity index (χ4v) is 3.50. The normalized spacial score (nSPS) is 15.7. The lowest BCUT2D eigenvalue weighted by Crippen LogP contribution is -2.45. The highest BCUT2D eigenvalue weighted by Crippen LogP contribution is 2.35. The van der Waals surface area contributed by atoms with Crippen molar-refractivity contribution in [2.75, 3.05) is 27.4 Å². The maximum Gasteiger partial charge on any atom is 0.338 e. The molecule has 0 saturated heterocycles. The van der Waals surface area contributed by atoms with Crippen molar-refractivity contribution in [1.82, 2.24) is 10.6 Å². The number of rotatable bonds is 9. The Morgan fingerprint density at radius 2 is 1.84 bits per heavy atom. The number of ether oxygens (including phenoxy) is 4. The molecule has 2 aromatic carbocycles. The number of nitrogens with one attached hydrogen (secondary N) is 2. The van der Waals surface area contributed by atoms with Gasteiger partial charge in [-0.15, -0.1) is 0 Å². The van der Waals surface area contributed by atoms with E-state index in [4.69, 9.17) is 31.2 Å². The molecule has 3 rings (SSSR count). The highest BCUT2D eigenvalue weighted by molar-refractivity contribution is 7.80. The summed E-state index contributed by atoms with van der Waals surface area (Å²) in [6.45, 7) is 2.67. The van der Waals surface area contributed by atoms with Crippen LogP contribution in [0.25, 0.3) is 0 Å². The van der Waals surface area contributed by atoms with E-state index in [1.54, 1.807) is 21.1 Å². The van der Waals surface area contributed by atoms with Crippen LogP contribution in [0.15, 0.2) is 59.8 Å². The van der Waals surface area contributed by atoms with E-state index in [1.165, 1.54) is 0 Å². The van der Waals surface area contributed by atoms with Crippen molar-refractivity contribution in [1.29, 1.82) is 0 Å². The smallest absolute Gasteiger partial charge is 0.338 e. The van der Waals surface area contributed by atoms with Crippen LogP contribution in [0.1, 0.15) is 24.1 Å². The van der Waals surface area contributed by atoms with E-state index in [9.17, 15) is 4.79 Å². The molecule has 8 heteroatoms. The van der Waals surface area contributed by atoms with Gasteiger partial charge in [0.25, 0.3) is 0 Å². The van der Waals surface area contributed by atoms with E-state index in [-0.39, 0.29) is 6.61 Å². The lowest BCUT2D eigenvalue weighted by Gasteiger charge is -2.30. The van der Waals surface area contributed by atoms with Crippen LogP contribution in [-0.4, -0.2) is 38.5 Å². The predicted molar refractivity (Wildman–Crippen MR) is 121 cm³/mol. The van der Waals surface area contributed by atoms with Crippen LogP contribution in [0.5, 0.6) is 11.5 Å². The molecule has 1 heterocycles. The van der Waals surface area contributed by atoms with Gasteiger partial charge >= 0.3 is 5.97 Å². The van der Waals surface area contributed by atoms with Gasteiger partial charge in [0.2, 0.25) is 0 Å². The van der Waals surface area contributed by atoms with Crippen LogP contribution in [0, 0.1) is 0 Å². The number of thiocarbonyl (C=S) groups is 1. The first-order valence-electron chi connectivity index (χ1n) is 9.82. The fourth-order valence-electron chi connectivity index (χ4n) is 3.23. The number of carbonyl (C=O) groups excluding carboxylic acids is 1. The van der Waals surface area contributed by atoms with E-state index >= 15 is 0 Å². The molecule has 0 bridgehead atoms. The molecule has 7 nitrogen and oxygen atoms in total. The van der Waals surface area contributed by atoms with E-state index in [2.05, 4.69) is 10.6 Å². The van der Waals surface area contributed by atoms with E-state index in [1.807, 2.05) is 48.5 Å². The van der Waals surface area contributed by atoms with Crippen LogP contribution in [0.2, 0.25) is 0 Å². The van der Waals surface area contributed by atoms with Gasteiger partial charge in [0.1, 0.15) is 13.2 Å². The number of allylic oxidation sites excluding steroid dienone is 1. The number of carbonyl (C=O) groups is 1. The van der Waals surface area contributed by atoms with Crippen LogP contribution >= 0.6 is 12.2 Å². The first kappa shape index (κ1) is 22.6. The van der Waals surface area contributed by atoms with E-state index in [0.29, 0.717) is 41.1 Å². The Morgan fingerprint density at radius 3 is 2.55 bits per heavy atom. The summed E-state index contributed by atoms with van der Waals surface area (Å²) in [4.78, 5) is 12.8. The summed E-state index contributed by atoms with van der Waals surface area (Å²) < 4.78 is 21.8. The quantitative estimate of drug-likeness (QED) is 0.348. The second-order valence-corrected chi connectivity index (χ2v) is 7.29. The van der Waals surface area contributed by atoms with Crippen molar-refractivity contribution in [2.45, 2.75) is 19.6 Å². The van der Waals surface area contributed by atoms with E-state index < -0.39 is 12.0 Å². The molecule has 1 aliphatic rings. The van der Waals surface area contributed by atoms with Gasteiger partial charge in [-0.1, -0.05) is 36.4 Å². The molecular formula is C23H26N2O5S. The zero-order chi connectivity index (χ0) is 22.2. The van der Waals surface area contributed by atoms with Gasteiger partial charge in [0, 0.05) is 12.8 Å². The van der Waals surface area contributed by atoms with Gasteiger partial charge in [-0.25, -0.2) is 4.79 Å². The third-order valence-electron chi connectivity index (χ3n) is 4.77. The second-order valence-electron chi connectivity index (χ2n) is 6.88. The Kier molecular flexibility index (Phi) is 7.86. The van der Waals surface area contributed by atoms with Crippen molar-refractivity contribution < 1.29 is 23.7 Å². The maximum atomic E-state index is 12.8. The first-order valence-corrected chi connectivity index (χ1v) is 10.2. The van der Waals surface area contributed by atoms with Crippen LogP contribution < -0.4 is 20.1 Å². The standard InChI is InChI=1S/C23H26N2O5S/c1-15-20(22(26)29-12-11-27-2)21(25-23(31)24-15)17-9-10-18(28-3)19(13-17)30-14-16-7-5-4-6-8-16/h4-10,13,21H,11-12,14H2,1-3H3,(H2,24,25,31)/t21-/m1/s1. The topological polar surface area (TPSA) is 78.1 Å². The van der Waals surface area contributed by atoms with Crippen LogP contribution in [-0.2, 0) is 20.9 Å². The summed E-state index contributed by atoms with van der Waals surface area (Å²) in [6, 6.07) is 14.9.